The van der Waals surface area contributed by atoms with E-state index in [1.54, 1.807) is 0 Å². The fourth-order valence-electron chi connectivity index (χ4n) is 7.74. The van der Waals surface area contributed by atoms with Crippen LogP contribution in [0.1, 0.15) is 25.0 Å². The van der Waals surface area contributed by atoms with Gasteiger partial charge in [0.25, 0.3) is 0 Å². The van der Waals surface area contributed by atoms with Crippen molar-refractivity contribution in [1.82, 2.24) is 4.40 Å². The van der Waals surface area contributed by atoms with E-state index in [1.165, 1.54) is 61.3 Å². The van der Waals surface area contributed by atoms with Crippen LogP contribution in [-0.2, 0) is 5.41 Å². The van der Waals surface area contributed by atoms with Crippen molar-refractivity contribution >= 4 is 22.6 Å². The molecule has 6 aromatic carbocycles. The third-order valence-electron chi connectivity index (χ3n) is 10.2. The molecule has 0 N–H and O–H groups in total. The number of pyridine rings is 1. The van der Waals surface area contributed by atoms with Gasteiger partial charge in [-0.2, -0.15) is 0 Å². The first-order valence-corrected chi connectivity index (χ1v) is 17.0. The lowest BCUT2D eigenvalue weighted by molar-refractivity contribution is 0.660. The van der Waals surface area contributed by atoms with Crippen molar-refractivity contribution in [2.24, 2.45) is 0 Å². The second kappa shape index (κ2) is 11.5. The van der Waals surface area contributed by atoms with E-state index in [0.29, 0.717) is 0 Å². The first-order valence-electron chi connectivity index (χ1n) is 17.0. The number of fused-ring (bicyclic) bond motifs is 4. The van der Waals surface area contributed by atoms with Gasteiger partial charge >= 0.3 is 0 Å². The van der Waals surface area contributed by atoms with Crippen LogP contribution in [0, 0.1) is 0 Å². The maximum Gasteiger partial charge on any atom is 0.0607 e. The van der Waals surface area contributed by atoms with Crippen molar-refractivity contribution in [3.63, 3.8) is 0 Å². The predicted octanol–water partition coefficient (Wildman–Crippen LogP) is 12.7. The van der Waals surface area contributed by atoms with Crippen LogP contribution >= 0.6 is 0 Å². The Bertz CT molecular complexity index is 2430. The van der Waals surface area contributed by atoms with Crippen LogP contribution in [0.5, 0.6) is 0 Å². The number of hydrogen-bond donors (Lipinski definition) is 0. The van der Waals surface area contributed by atoms with E-state index < -0.39 is 0 Å². The molecule has 0 saturated heterocycles. The van der Waals surface area contributed by atoms with E-state index in [9.17, 15) is 0 Å². The highest BCUT2D eigenvalue weighted by Gasteiger charge is 2.35. The van der Waals surface area contributed by atoms with Crippen molar-refractivity contribution in [2.75, 3.05) is 4.90 Å². The van der Waals surface area contributed by atoms with Gasteiger partial charge in [-0.15, -0.1) is 0 Å². The molecule has 2 heteroatoms. The minimum atomic E-state index is -0.0848. The fraction of sp³-hybridized carbons (Fsp3) is 0.0638. The number of rotatable bonds is 6. The zero-order chi connectivity index (χ0) is 33.0. The van der Waals surface area contributed by atoms with Gasteiger partial charge in [-0.25, -0.2) is 0 Å². The van der Waals surface area contributed by atoms with Crippen molar-refractivity contribution in [3.05, 3.63) is 193 Å². The highest BCUT2D eigenvalue weighted by atomic mass is 15.1. The van der Waals surface area contributed by atoms with Gasteiger partial charge in [0, 0.05) is 39.8 Å². The largest absolute Gasteiger partial charge is 0.316 e. The summed E-state index contributed by atoms with van der Waals surface area (Å²) in [7, 11) is 0. The van der Waals surface area contributed by atoms with E-state index >= 15 is 0 Å². The molecule has 0 amide bonds. The average Bonchev–Trinajstić information content (AvgIpc) is 3.66. The SMILES string of the molecule is CC1(C)c2ccccc2-c2ccc(N(c3ccc(-c4ccccc4)cc3)c3ccc(-c4c(-c5ccccc5)cc5ccccn45)cc3)cc21. The Hall–Kier alpha value is -6.12. The number of anilines is 3. The molecule has 0 bridgehead atoms. The summed E-state index contributed by atoms with van der Waals surface area (Å²) in [6.07, 6.45) is 2.16. The van der Waals surface area contributed by atoms with Crippen molar-refractivity contribution in [1.29, 1.82) is 0 Å². The summed E-state index contributed by atoms with van der Waals surface area (Å²) in [6, 6.07) is 63.9. The standard InChI is InChI=1S/C47H36N2/c1-47(2)44-19-10-9-18-41(44)42-29-28-40(32-45(42)47)49(37-24-20-34(21-25-37)33-13-5-3-6-14-33)38-26-22-36(23-27-38)46-43(35-15-7-4-8-16-35)31-39-17-11-12-30-48(39)46/h3-32H,1-2H3. The van der Waals surface area contributed by atoms with Gasteiger partial charge in [-0.1, -0.05) is 135 Å². The molecular weight excluding hydrogens is 593 g/mol. The minimum Gasteiger partial charge on any atom is -0.316 e. The van der Waals surface area contributed by atoms with Gasteiger partial charge in [-0.3, -0.25) is 0 Å². The van der Waals surface area contributed by atoms with E-state index in [-0.39, 0.29) is 5.41 Å². The van der Waals surface area contributed by atoms with E-state index in [2.05, 4.69) is 205 Å². The zero-order valence-electron chi connectivity index (χ0n) is 27.7. The maximum absolute atomic E-state index is 2.41. The Morgan fingerprint density at radius 1 is 0.408 bits per heavy atom. The van der Waals surface area contributed by atoms with E-state index in [4.69, 9.17) is 0 Å². The summed E-state index contributed by atoms with van der Waals surface area (Å²) >= 11 is 0. The lowest BCUT2D eigenvalue weighted by atomic mass is 9.82. The summed E-state index contributed by atoms with van der Waals surface area (Å²) in [5.74, 6) is 0. The van der Waals surface area contributed by atoms with Gasteiger partial charge in [0.15, 0.2) is 0 Å². The molecule has 0 unspecified atom stereocenters. The minimum absolute atomic E-state index is 0.0848. The molecule has 49 heavy (non-hydrogen) atoms. The zero-order valence-corrected chi connectivity index (χ0v) is 27.7. The van der Waals surface area contributed by atoms with Crippen molar-refractivity contribution in [3.8, 4) is 44.6 Å². The number of aromatic nitrogens is 1. The third-order valence-corrected chi connectivity index (χ3v) is 10.2. The molecule has 9 rings (SSSR count). The monoisotopic (exact) mass is 628 g/mol. The maximum atomic E-state index is 2.41. The molecule has 0 saturated carbocycles. The lowest BCUT2D eigenvalue weighted by Crippen LogP contribution is -2.16. The summed E-state index contributed by atoms with van der Waals surface area (Å²) in [4.78, 5) is 2.40. The van der Waals surface area contributed by atoms with Gasteiger partial charge < -0.3 is 9.30 Å². The molecule has 2 heterocycles. The normalized spacial score (nSPS) is 12.9. The molecule has 2 nitrogen and oxygen atoms in total. The molecule has 0 atom stereocenters. The fourth-order valence-corrected chi connectivity index (χ4v) is 7.74. The molecule has 0 fully saturated rings. The Kier molecular flexibility index (Phi) is 6.84. The van der Waals surface area contributed by atoms with Gasteiger partial charge in [-0.05, 0) is 99.1 Å². The highest BCUT2D eigenvalue weighted by Crippen LogP contribution is 2.50. The number of hydrogen-bond acceptors (Lipinski definition) is 1. The molecule has 0 spiro atoms. The second-order valence-corrected chi connectivity index (χ2v) is 13.5. The van der Waals surface area contributed by atoms with Crippen molar-refractivity contribution in [2.45, 2.75) is 19.3 Å². The lowest BCUT2D eigenvalue weighted by Gasteiger charge is -2.28. The van der Waals surface area contributed by atoms with Crippen LogP contribution in [0.25, 0.3) is 50.2 Å². The van der Waals surface area contributed by atoms with Crippen LogP contribution in [0.15, 0.2) is 182 Å². The molecule has 0 aliphatic heterocycles. The Morgan fingerprint density at radius 2 is 0.959 bits per heavy atom. The van der Waals surface area contributed by atoms with Gasteiger partial charge in [0.05, 0.1) is 5.69 Å². The van der Waals surface area contributed by atoms with Crippen LogP contribution < -0.4 is 4.90 Å². The quantitative estimate of drug-likeness (QED) is 0.178. The molecule has 2 aromatic heterocycles. The molecule has 234 valence electrons. The second-order valence-electron chi connectivity index (χ2n) is 13.5. The van der Waals surface area contributed by atoms with Crippen LogP contribution in [-0.4, -0.2) is 4.40 Å². The van der Waals surface area contributed by atoms with Crippen LogP contribution in [0.2, 0.25) is 0 Å². The summed E-state index contributed by atoms with van der Waals surface area (Å²) in [5.41, 5.74) is 17.2. The third kappa shape index (κ3) is 4.88. The Balaban J connectivity index is 1.17. The molecular formula is C47H36N2. The van der Waals surface area contributed by atoms with Crippen LogP contribution in [0.3, 0.4) is 0 Å². The van der Waals surface area contributed by atoms with E-state index in [0.717, 1.165) is 17.1 Å². The highest BCUT2D eigenvalue weighted by molar-refractivity contribution is 5.89. The van der Waals surface area contributed by atoms with Gasteiger partial charge in [0.2, 0.25) is 0 Å². The van der Waals surface area contributed by atoms with Crippen LogP contribution in [0.4, 0.5) is 17.1 Å². The summed E-state index contributed by atoms with van der Waals surface area (Å²) in [6.45, 7) is 4.70. The molecule has 0 radical (unpaired) electrons. The molecule has 8 aromatic rings. The predicted molar refractivity (Wildman–Crippen MR) is 206 cm³/mol. The first-order chi connectivity index (χ1) is 24.1. The van der Waals surface area contributed by atoms with Gasteiger partial charge in [0.1, 0.15) is 0 Å². The van der Waals surface area contributed by atoms with E-state index in [1.807, 2.05) is 0 Å². The average molecular weight is 629 g/mol. The Labute approximate surface area is 288 Å². The number of benzene rings is 6. The number of nitrogens with zero attached hydrogens (tertiary/aromatic N) is 2. The first kappa shape index (κ1) is 29.1. The summed E-state index contributed by atoms with van der Waals surface area (Å²) < 4.78 is 2.30. The summed E-state index contributed by atoms with van der Waals surface area (Å²) in [5, 5.41) is 0. The molecule has 1 aliphatic carbocycles. The molecule has 1 aliphatic rings. The smallest absolute Gasteiger partial charge is 0.0607 e. The topological polar surface area (TPSA) is 7.65 Å². The Morgan fingerprint density at radius 3 is 1.67 bits per heavy atom. The van der Waals surface area contributed by atoms with Crippen molar-refractivity contribution < 1.29 is 0 Å².